The number of hydrogen-bond acceptors (Lipinski definition) is 4. The highest BCUT2D eigenvalue weighted by Crippen LogP contribution is 2.44. The van der Waals surface area contributed by atoms with Gasteiger partial charge in [-0.2, -0.15) is 0 Å². The number of amides is 1. The maximum absolute atomic E-state index is 11.6. The first-order chi connectivity index (χ1) is 17.1. The van der Waals surface area contributed by atoms with Crippen LogP contribution in [0.4, 0.5) is 0 Å². The Hall–Kier alpha value is -1.63. The van der Waals surface area contributed by atoms with Crippen LogP contribution in [0.15, 0.2) is 48.6 Å². The molecule has 194 valence electrons. The first-order valence-corrected chi connectivity index (χ1v) is 14.0. The van der Waals surface area contributed by atoms with Crippen LogP contribution in [0.5, 0.6) is 0 Å². The van der Waals surface area contributed by atoms with Gasteiger partial charge in [-0.3, -0.25) is 4.79 Å². The Kier molecular flexibility index (Phi) is 12.4. The number of rotatable bonds is 15. The number of unbranched alkanes of at least 4 members (excludes halogenated alkanes) is 2. The molecule has 1 amide bonds. The van der Waals surface area contributed by atoms with Gasteiger partial charge in [0.25, 0.3) is 0 Å². The maximum atomic E-state index is 11.6. The van der Waals surface area contributed by atoms with Crippen LogP contribution in [0.1, 0.15) is 78.1 Å². The van der Waals surface area contributed by atoms with Crippen molar-refractivity contribution in [3.8, 4) is 0 Å². The summed E-state index contributed by atoms with van der Waals surface area (Å²) in [6, 6.07) is 0. The van der Waals surface area contributed by atoms with E-state index in [9.17, 15) is 9.90 Å². The standard InChI is InChI=1S/C29H46BNO4/c1-3-5-21-30-34-27-22-28(35-30)26(20-19-24(32)18-17-23-13-9-8-10-14-23)25(27)15-11-6-7-12-16-29(33)31-4-2/h6,8-11,13,19-20,23-28,32H,3-5,7,12,14-18,21-22H2,1-2H3,(H,31,33)/b11-6-,20-19+/t23?,24-,25+,26+,27-,28+/m0/s1. The number of nitrogens with one attached hydrogen (secondary N) is 1. The van der Waals surface area contributed by atoms with Crippen LogP contribution in [0.25, 0.3) is 0 Å². The molecule has 1 saturated heterocycles. The van der Waals surface area contributed by atoms with Gasteiger partial charge in [-0.25, -0.2) is 0 Å². The van der Waals surface area contributed by atoms with Crippen LogP contribution in [0.3, 0.4) is 0 Å². The average molecular weight is 484 g/mol. The minimum atomic E-state index is -0.419. The summed E-state index contributed by atoms with van der Waals surface area (Å²) in [6.45, 7) is 4.84. The van der Waals surface area contributed by atoms with Gasteiger partial charge in [0.1, 0.15) is 0 Å². The van der Waals surface area contributed by atoms with E-state index < -0.39 is 6.10 Å². The fraction of sp³-hybridized carbons (Fsp3) is 0.690. The van der Waals surface area contributed by atoms with Crippen LogP contribution in [-0.4, -0.2) is 43.0 Å². The first-order valence-electron chi connectivity index (χ1n) is 14.0. The van der Waals surface area contributed by atoms with E-state index in [2.05, 4.69) is 54.8 Å². The molecule has 0 aromatic heterocycles. The van der Waals surface area contributed by atoms with Crippen molar-refractivity contribution in [1.82, 2.24) is 5.32 Å². The zero-order valence-electron chi connectivity index (χ0n) is 21.8. The fourth-order valence-corrected chi connectivity index (χ4v) is 5.51. The van der Waals surface area contributed by atoms with Gasteiger partial charge in [0.05, 0.1) is 12.2 Å². The second-order valence-corrected chi connectivity index (χ2v) is 10.3. The highest BCUT2D eigenvalue weighted by atomic mass is 16.6. The van der Waals surface area contributed by atoms with E-state index in [4.69, 9.17) is 9.31 Å². The van der Waals surface area contributed by atoms with E-state index >= 15 is 0 Å². The zero-order valence-corrected chi connectivity index (χ0v) is 21.8. The Morgan fingerprint density at radius 1 is 1.20 bits per heavy atom. The van der Waals surface area contributed by atoms with Gasteiger partial charge in [0, 0.05) is 25.0 Å². The molecular formula is C29H46BNO4. The van der Waals surface area contributed by atoms with Crippen molar-refractivity contribution in [1.29, 1.82) is 0 Å². The molecule has 0 radical (unpaired) electrons. The summed E-state index contributed by atoms with van der Waals surface area (Å²) >= 11 is 0. The summed E-state index contributed by atoms with van der Waals surface area (Å²) in [7, 11) is -0.100. The van der Waals surface area contributed by atoms with Crippen molar-refractivity contribution in [2.24, 2.45) is 17.8 Å². The van der Waals surface area contributed by atoms with E-state index in [-0.39, 0.29) is 31.2 Å². The summed E-state index contributed by atoms with van der Waals surface area (Å²) < 4.78 is 12.7. The van der Waals surface area contributed by atoms with Gasteiger partial charge in [0.15, 0.2) is 0 Å². The van der Waals surface area contributed by atoms with Gasteiger partial charge in [-0.15, -0.1) is 0 Å². The van der Waals surface area contributed by atoms with Crippen LogP contribution >= 0.6 is 0 Å². The SMILES string of the molecule is CCCCB1O[C@H]2C[C@@H](O1)[C@H](/C=C/[C@@H](O)CCC1C=CC=CC1)[C@H]2C/C=C\CCCC(=O)NCC. The topological polar surface area (TPSA) is 67.8 Å². The second kappa shape index (κ2) is 15.5. The molecule has 5 nitrogen and oxygen atoms in total. The molecule has 2 fully saturated rings. The van der Waals surface area contributed by atoms with Crippen LogP contribution in [-0.2, 0) is 14.1 Å². The van der Waals surface area contributed by atoms with Gasteiger partial charge in [0.2, 0.25) is 5.91 Å². The summed E-state index contributed by atoms with van der Waals surface area (Å²) in [6.07, 6.45) is 27.6. The molecule has 1 heterocycles. The molecule has 0 aromatic rings. The third kappa shape index (κ3) is 9.40. The predicted octanol–water partition coefficient (Wildman–Crippen LogP) is 5.78. The Morgan fingerprint density at radius 2 is 2.06 bits per heavy atom. The molecule has 2 N–H and O–H groups in total. The largest absolute Gasteiger partial charge is 0.457 e. The highest BCUT2D eigenvalue weighted by Gasteiger charge is 2.49. The van der Waals surface area contributed by atoms with E-state index in [1.807, 2.05) is 13.0 Å². The van der Waals surface area contributed by atoms with Crippen molar-refractivity contribution in [3.63, 3.8) is 0 Å². The lowest BCUT2D eigenvalue weighted by atomic mass is 9.80. The number of aliphatic hydroxyl groups is 1. The number of allylic oxidation sites excluding steroid dienone is 6. The van der Waals surface area contributed by atoms with Crippen molar-refractivity contribution in [2.45, 2.75) is 103 Å². The Balaban J connectivity index is 1.53. The zero-order chi connectivity index (χ0) is 24.9. The smallest absolute Gasteiger partial charge is 0.408 e. The molecule has 0 aromatic carbocycles. The fourth-order valence-electron chi connectivity index (χ4n) is 5.51. The lowest BCUT2D eigenvalue weighted by Crippen LogP contribution is -2.37. The molecule has 2 aliphatic carbocycles. The number of fused-ring (bicyclic) bond motifs is 2. The minimum Gasteiger partial charge on any atom is -0.408 e. The molecule has 1 unspecified atom stereocenters. The van der Waals surface area contributed by atoms with Crippen LogP contribution in [0.2, 0.25) is 6.32 Å². The molecule has 3 aliphatic rings. The lowest BCUT2D eigenvalue weighted by Gasteiger charge is -2.27. The second-order valence-electron chi connectivity index (χ2n) is 10.3. The van der Waals surface area contributed by atoms with Gasteiger partial charge in [-0.05, 0) is 70.0 Å². The Bertz CT molecular complexity index is 749. The maximum Gasteiger partial charge on any atom is 0.457 e. The number of hydrogen-bond donors (Lipinski definition) is 2. The molecule has 1 saturated carbocycles. The van der Waals surface area contributed by atoms with Crippen molar-refractivity contribution < 1.29 is 19.2 Å². The minimum absolute atomic E-state index is 0.100. The van der Waals surface area contributed by atoms with Gasteiger partial charge < -0.3 is 19.7 Å². The predicted molar refractivity (Wildman–Crippen MR) is 144 cm³/mol. The third-order valence-electron chi connectivity index (χ3n) is 7.49. The van der Waals surface area contributed by atoms with Crippen molar-refractivity contribution in [2.75, 3.05) is 6.54 Å². The van der Waals surface area contributed by atoms with Crippen molar-refractivity contribution >= 4 is 13.0 Å². The number of carbonyl (C=O) groups is 1. The molecule has 6 heteroatoms. The van der Waals surface area contributed by atoms with E-state index in [1.165, 1.54) is 0 Å². The molecule has 35 heavy (non-hydrogen) atoms. The summed E-state index contributed by atoms with van der Waals surface area (Å²) in [5, 5.41) is 13.5. The quantitative estimate of drug-likeness (QED) is 0.176. The van der Waals surface area contributed by atoms with E-state index in [1.54, 1.807) is 0 Å². The monoisotopic (exact) mass is 483 g/mol. The summed E-state index contributed by atoms with van der Waals surface area (Å²) in [4.78, 5) is 11.6. The summed E-state index contributed by atoms with van der Waals surface area (Å²) in [5.74, 6) is 1.30. The molecule has 3 rings (SSSR count). The first kappa shape index (κ1) is 28.0. The van der Waals surface area contributed by atoms with Crippen LogP contribution in [0, 0.1) is 17.8 Å². The highest BCUT2D eigenvalue weighted by molar-refractivity contribution is 6.44. The average Bonchev–Trinajstić information content (AvgIpc) is 3.11. The summed E-state index contributed by atoms with van der Waals surface area (Å²) in [5.41, 5.74) is 0. The van der Waals surface area contributed by atoms with Gasteiger partial charge in [-0.1, -0.05) is 68.4 Å². The Morgan fingerprint density at radius 3 is 2.83 bits per heavy atom. The molecule has 1 aliphatic heterocycles. The normalized spacial score (nSPS) is 28.9. The van der Waals surface area contributed by atoms with Crippen molar-refractivity contribution in [3.05, 3.63) is 48.6 Å². The number of carbonyl (C=O) groups excluding carboxylic acids is 1. The van der Waals surface area contributed by atoms with Gasteiger partial charge >= 0.3 is 7.12 Å². The lowest BCUT2D eigenvalue weighted by molar-refractivity contribution is -0.121. The molecular weight excluding hydrogens is 437 g/mol. The third-order valence-corrected chi connectivity index (χ3v) is 7.49. The molecule has 0 spiro atoms. The van der Waals surface area contributed by atoms with E-state index in [0.717, 1.165) is 64.1 Å². The van der Waals surface area contributed by atoms with Crippen LogP contribution < -0.4 is 5.32 Å². The number of aliphatic hydroxyl groups excluding tert-OH is 1. The molecule has 6 atom stereocenters. The molecule has 2 bridgehead atoms. The Labute approximate surface area is 213 Å². The van der Waals surface area contributed by atoms with E-state index in [0.29, 0.717) is 24.8 Å².